The molecule has 1 saturated heterocycles. The minimum Gasteiger partial charge on any atom is -0.382 e. The minimum atomic E-state index is 0.313. The Bertz CT molecular complexity index is 250. The Morgan fingerprint density at radius 3 is 1.25 bits per heavy atom. The van der Waals surface area contributed by atoms with Gasteiger partial charge in [-0.05, 0) is 0 Å². The van der Waals surface area contributed by atoms with E-state index in [9.17, 15) is 0 Å². The smallest absolute Gasteiger partial charge is 0.104 e. The third-order valence-electron chi connectivity index (χ3n) is 3.00. The molecule has 0 amide bonds. The first-order valence-corrected chi connectivity index (χ1v) is 8.50. The van der Waals surface area contributed by atoms with Crippen LogP contribution in [0.1, 0.15) is 0 Å². The molecule has 8 heteroatoms. The average molecular weight is 352 g/mol. The van der Waals surface area contributed by atoms with Gasteiger partial charge in [0.05, 0.1) is 92.5 Å². The van der Waals surface area contributed by atoms with Crippen LogP contribution in [0.3, 0.4) is 0 Å². The number of epoxide rings is 1. The second kappa shape index (κ2) is 17.5. The highest BCUT2D eigenvalue weighted by Gasteiger charge is 2.21. The second-order valence-corrected chi connectivity index (χ2v) is 5.08. The number of hydrogen-bond acceptors (Lipinski definition) is 8. The molecule has 1 unspecified atom stereocenters. The fourth-order valence-corrected chi connectivity index (χ4v) is 1.62. The van der Waals surface area contributed by atoms with Crippen molar-refractivity contribution in [2.45, 2.75) is 6.10 Å². The Morgan fingerprint density at radius 1 is 0.583 bits per heavy atom. The Hall–Kier alpha value is -0.320. The van der Waals surface area contributed by atoms with Gasteiger partial charge in [-0.1, -0.05) is 0 Å². The van der Waals surface area contributed by atoms with Crippen LogP contribution >= 0.6 is 0 Å². The van der Waals surface area contributed by atoms with E-state index in [1.807, 2.05) is 0 Å². The molecule has 0 bridgehead atoms. The standard InChI is InChI=1S/C16H32O8/c1-17-2-3-18-4-5-19-6-7-20-8-9-21-10-11-22-12-13-23-14-16-15-24-16/h16H,2-15H2,1H3. The summed E-state index contributed by atoms with van der Waals surface area (Å²) in [6, 6.07) is 0. The first-order valence-electron chi connectivity index (χ1n) is 8.50. The molecule has 1 fully saturated rings. The summed E-state index contributed by atoms with van der Waals surface area (Å²) in [4.78, 5) is 0. The fourth-order valence-electron chi connectivity index (χ4n) is 1.62. The van der Waals surface area contributed by atoms with E-state index in [4.69, 9.17) is 37.9 Å². The van der Waals surface area contributed by atoms with Gasteiger partial charge in [-0.3, -0.25) is 0 Å². The molecule has 8 nitrogen and oxygen atoms in total. The second-order valence-electron chi connectivity index (χ2n) is 5.08. The van der Waals surface area contributed by atoms with Crippen LogP contribution in [0, 0.1) is 0 Å². The molecule has 0 radical (unpaired) electrons. The van der Waals surface area contributed by atoms with Crippen LogP contribution in [0.5, 0.6) is 0 Å². The monoisotopic (exact) mass is 352 g/mol. The van der Waals surface area contributed by atoms with E-state index < -0.39 is 0 Å². The number of methoxy groups -OCH3 is 1. The maximum absolute atomic E-state index is 5.39. The Labute approximate surface area is 144 Å². The van der Waals surface area contributed by atoms with Crippen molar-refractivity contribution in [2.24, 2.45) is 0 Å². The predicted molar refractivity (Wildman–Crippen MR) is 86.5 cm³/mol. The normalized spacial score (nSPS) is 16.6. The zero-order valence-corrected chi connectivity index (χ0v) is 14.7. The molecule has 0 aliphatic carbocycles. The lowest BCUT2D eigenvalue weighted by Gasteiger charge is -2.08. The zero-order valence-electron chi connectivity index (χ0n) is 14.7. The summed E-state index contributed by atoms with van der Waals surface area (Å²) in [6.07, 6.45) is 0.313. The van der Waals surface area contributed by atoms with Gasteiger partial charge in [-0.2, -0.15) is 0 Å². The molecule has 0 aromatic heterocycles. The maximum Gasteiger partial charge on any atom is 0.104 e. The maximum atomic E-state index is 5.39. The Kier molecular flexibility index (Phi) is 15.8. The lowest BCUT2D eigenvalue weighted by Crippen LogP contribution is -2.14. The molecular weight excluding hydrogens is 320 g/mol. The summed E-state index contributed by atoms with van der Waals surface area (Å²) in [7, 11) is 1.65. The van der Waals surface area contributed by atoms with E-state index in [-0.39, 0.29) is 0 Å². The molecule has 0 saturated carbocycles. The molecule has 1 aliphatic rings. The first kappa shape index (κ1) is 21.7. The van der Waals surface area contributed by atoms with Crippen molar-refractivity contribution in [2.75, 3.05) is 99.6 Å². The van der Waals surface area contributed by atoms with Gasteiger partial charge in [0.2, 0.25) is 0 Å². The SMILES string of the molecule is COCCOCCOCCOCCOCCOCCOCC1CO1. The molecule has 0 N–H and O–H groups in total. The van der Waals surface area contributed by atoms with Crippen molar-refractivity contribution >= 4 is 0 Å². The first-order chi connectivity index (χ1) is 11.9. The summed E-state index contributed by atoms with van der Waals surface area (Å²) < 4.78 is 42.0. The van der Waals surface area contributed by atoms with Gasteiger partial charge < -0.3 is 37.9 Å². The molecule has 0 aromatic carbocycles. The highest BCUT2D eigenvalue weighted by atomic mass is 16.6. The lowest BCUT2D eigenvalue weighted by molar-refractivity contribution is -0.0195. The quantitative estimate of drug-likeness (QED) is 0.226. The zero-order chi connectivity index (χ0) is 17.1. The fraction of sp³-hybridized carbons (Fsp3) is 1.00. The number of ether oxygens (including phenoxy) is 8. The molecule has 1 rings (SSSR count). The van der Waals surface area contributed by atoms with Crippen LogP contribution in [0.4, 0.5) is 0 Å². The van der Waals surface area contributed by atoms with E-state index in [0.717, 1.165) is 6.61 Å². The number of hydrogen-bond donors (Lipinski definition) is 0. The highest BCUT2D eigenvalue weighted by molar-refractivity contribution is 4.66. The van der Waals surface area contributed by atoms with Gasteiger partial charge in [0.1, 0.15) is 6.10 Å². The summed E-state index contributed by atoms with van der Waals surface area (Å²) in [5.41, 5.74) is 0. The molecule has 1 atom stereocenters. The third kappa shape index (κ3) is 16.5. The van der Waals surface area contributed by atoms with E-state index in [1.54, 1.807) is 7.11 Å². The topological polar surface area (TPSA) is 77.1 Å². The molecule has 144 valence electrons. The van der Waals surface area contributed by atoms with Crippen LogP contribution < -0.4 is 0 Å². The van der Waals surface area contributed by atoms with Crippen LogP contribution in [0.25, 0.3) is 0 Å². The van der Waals surface area contributed by atoms with Crippen molar-refractivity contribution in [1.82, 2.24) is 0 Å². The van der Waals surface area contributed by atoms with E-state index in [1.165, 1.54) is 0 Å². The molecule has 0 aromatic rings. The largest absolute Gasteiger partial charge is 0.382 e. The van der Waals surface area contributed by atoms with Crippen LogP contribution in [0.2, 0.25) is 0 Å². The van der Waals surface area contributed by atoms with Crippen molar-refractivity contribution in [3.8, 4) is 0 Å². The molecular formula is C16H32O8. The molecule has 1 heterocycles. The van der Waals surface area contributed by atoms with E-state index >= 15 is 0 Å². The summed E-state index contributed by atoms with van der Waals surface area (Å²) in [5, 5.41) is 0. The van der Waals surface area contributed by atoms with E-state index in [2.05, 4.69) is 0 Å². The molecule has 24 heavy (non-hydrogen) atoms. The van der Waals surface area contributed by atoms with Gasteiger partial charge in [-0.15, -0.1) is 0 Å². The van der Waals surface area contributed by atoms with Gasteiger partial charge >= 0.3 is 0 Å². The minimum absolute atomic E-state index is 0.313. The predicted octanol–water partition coefficient (Wildman–Crippen LogP) is 0.131. The van der Waals surface area contributed by atoms with Crippen molar-refractivity contribution in [3.63, 3.8) is 0 Å². The van der Waals surface area contributed by atoms with Crippen LogP contribution in [-0.2, 0) is 37.9 Å². The van der Waals surface area contributed by atoms with Gasteiger partial charge in [0.15, 0.2) is 0 Å². The van der Waals surface area contributed by atoms with Crippen molar-refractivity contribution in [3.05, 3.63) is 0 Å². The Balaban J connectivity index is 1.59. The van der Waals surface area contributed by atoms with E-state index in [0.29, 0.717) is 92.0 Å². The molecule has 1 aliphatic heterocycles. The third-order valence-corrected chi connectivity index (χ3v) is 3.00. The number of rotatable bonds is 20. The lowest BCUT2D eigenvalue weighted by atomic mass is 10.5. The Morgan fingerprint density at radius 2 is 0.917 bits per heavy atom. The summed E-state index contributed by atoms with van der Waals surface area (Å²) >= 11 is 0. The van der Waals surface area contributed by atoms with Crippen LogP contribution in [0.15, 0.2) is 0 Å². The summed E-state index contributed by atoms with van der Waals surface area (Å²) in [6.45, 7) is 8.37. The van der Waals surface area contributed by atoms with Gasteiger partial charge in [0, 0.05) is 7.11 Å². The van der Waals surface area contributed by atoms with Gasteiger partial charge in [-0.25, -0.2) is 0 Å². The van der Waals surface area contributed by atoms with Crippen molar-refractivity contribution < 1.29 is 37.9 Å². The van der Waals surface area contributed by atoms with Gasteiger partial charge in [0.25, 0.3) is 0 Å². The average Bonchev–Trinajstić information content (AvgIpc) is 3.41. The molecule has 0 spiro atoms. The summed E-state index contributed by atoms with van der Waals surface area (Å²) in [5.74, 6) is 0. The highest BCUT2D eigenvalue weighted by Crippen LogP contribution is 2.07. The van der Waals surface area contributed by atoms with Crippen LogP contribution in [-0.4, -0.2) is 106 Å². The van der Waals surface area contributed by atoms with Crippen molar-refractivity contribution in [1.29, 1.82) is 0 Å².